The lowest BCUT2D eigenvalue weighted by molar-refractivity contribution is 0.0639. The van der Waals surface area contributed by atoms with Crippen LogP contribution in [-0.2, 0) is 13.0 Å². The Morgan fingerprint density at radius 3 is 1.97 bits per heavy atom. The quantitative estimate of drug-likeness (QED) is 0.346. The largest absolute Gasteiger partial charge is 0.334 e. The third-order valence-corrected chi connectivity index (χ3v) is 6.39. The van der Waals surface area contributed by atoms with E-state index in [1.165, 1.54) is 11.1 Å². The van der Waals surface area contributed by atoms with Crippen LogP contribution in [0.1, 0.15) is 73.3 Å². The summed E-state index contributed by atoms with van der Waals surface area (Å²) >= 11 is 0. The van der Waals surface area contributed by atoms with Gasteiger partial charge in [-0.3, -0.25) is 9.69 Å². The van der Waals surface area contributed by atoms with E-state index in [1.807, 2.05) is 23.1 Å². The summed E-state index contributed by atoms with van der Waals surface area (Å²) < 4.78 is 8.29. The highest BCUT2D eigenvalue weighted by atomic mass is 16.2. The van der Waals surface area contributed by atoms with Crippen LogP contribution < -0.4 is 0 Å². The van der Waals surface area contributed by atoms with Gasteiger partial charge in [0.15, 0.2) is 0 Å². The maximum atomic E-state index is 14.1. The molecule has 0 saturated heterocycles. The van der Waals surface area contributed by atoms with Crippen LogP contribution in [0.4, 0.5) is 0 Å². The Kier molecular flexibility index (Phi) is 8.18. The molecule has 0 N–H and O–H groups in total. The molecule has 180 valence electrons. The van der Waals surface area contributed by atoms with Crippen LogP contribution in [0.5, 0.6) is 0 Å². The predicted molar refractivity (Wildman–Crippen MR) is 143 cm³/mol. The van der Waals surface area contributed by atoms with Crippen molar-refractivity contribution in [2.24, 2.45) is 0 Å². The van der Waals surface area contributed by atoms with Crippen molar-refractivity contribution in [3.63, 3.8) is 0 Å². The van der Waals surface area contributed by atoms with E-state index in [1.54, 1.807) is 0 Å². The molecule has 0 aromatic heterocycles. The van der Waals surface area contributed by atoms with E-state index in [0.29, 0.717) is 5.56 Å². The molecule has 0 aliphatic rings. The van der Waals surface area contributed by atoms with Gasteiger partial charge in [-0.05, 0) is 77.2 Å². The lowest BCUT2D eigenvalue weighted by Gasteiger charge is -2.35. The van der Waals surface area contributed by atoms with Gasteiger partial charge >= 0.3 is 0 Å². The van der Waals surface area contributed by atoms with E-state index in [9.17, 15) is 4.79 Å². The zero-order chi connectivity index (χ0) is 25.5. The minimum Gasteiger partial charge on any atom is -0.334 e. The van der Waals surface area contributed by atoms with E-state index in [-0.39, 0.29) is 30.9 Å². The van der Waals surface area contributed by atoms with Crippen molar-refractivity contribution < 1.29 is 6.17 Å². The predicted octanol–water partition coefficient (Wildman–Crippen LogP) is 6.98. The molecule has 1 amide bonds. The highest BCUT2D eigenvalue weighted by molar-refractivity contribution is 5.98. The van der Waals surface area contributed by atoms with Gasteiger partial charge in [-0.2, -0.15) is 0 Å². The molecule has 0 aliphatic heterocycles. The fourth-order valence-corrected chi connectivity index (χ4v) is 4.93. The van der Waals surface area contributed by atoms with Gasteiger partial charge < -0.3 is 4.90 Å². The Labute approximate surface area is 207 Å². The number of amides is 1. The molecule has 3 nitrogen and oxygen atoms in total. The van der Waals surface area contributed by atoms with Gasteiger partial charge in [0.05, 0.1) is 0 Å². The van der Waals surface area contributed by atoms with Crippen LogP contribution in [0, 0.1) is 13.8 Å². The molecule has 0 fully saturated rings. The number of carbonyl (C=O) groups excluding carboxylic acids is 1. The summed E-state index contributed by atoms with van der Waals surface area (Å²) in [6, 6.07) is 25.3. The van der Waals surface area contributed by atoms with Crippen molar-refractivity contribution in [1.82, 2.24) is 9.80 Å². The third kappa shape index (κ3) is 6.15. The molecule has 0 unspecified atom stereocenters. The Bertz CT molecular complexity index is 1090. The summed E-state index contributed by atoms with van der Waals surface area (Å²) in [6.45, 7) is 11.2. The van der Waals surface area contributed by atoms with Crippen molar-refractivity contribution in [2.75, 3.05) is 7.05 Å². The average molecular weight is 458 g/mol. The van der Waals surface area contributed by atoms with Gasteiger partial charge in [-0.1, -0.05) is 78.4 Å². The summed E-state index contributed by atoms with van der Waals surface area (Å²) in [5.74, 6) is 0.0263. The Morgan fingerprint density at radius 1 is 0.882 bits per heavy atom. The summed E-state index contributed by atoms with van der Waals surface area (Å²) in [6.07, 6.45) is 0.786. The van der Waals surface area contributed by atoms with Crippen LogP contribution in [0.15, 0.2) is 72.8 Å². The summed E-state index contributed by atoms with van der Waals surface area (Å²) in [7, 11) is 2.14. The first-order chi connectivity index (χ1) is 16.7. The molecule has 34 heavy (non-hydrogen) atoms. The Hall–Kier alpha value is -2.91. The van der Waals surface area contributed by atoms with Crippen molar-refractivity contribution in [1.29, 1.82) is 0 Å². The number of rotatable bonds is 9. The van der Waals surface area contributed by atoms with E-state index in [4.69, 9.17) is 1.37 Å². The van der Waals surface area contributed by atoms with Crippen LogP contribution in [0.2, 0.25) is 0 Å². The maximum absolute atomic E-state index is 14.1. The third-order valence-electron chi connectivity index (χ3n) is 6.39. The molecule has 0 aliphatic carbocycles. The lowest BCUT2D eigenvalue weighted by Crippen LogP contribution is -2.43. The van der Waals surface area contributed by atoms with Crippen LogP contribution in [-0.4, -0.2) is 34.8 Å². The number of hydrogen-bond donors (Lipinski definition) is 0. The molecule has 3 aromatic carbocycles. The first kappa shape index (κ1) is 24.2. The maximum Gasteiger partial charge on any atom is 0.254 e. The second kappa shape index (κ2) is 11.5. The summed E-state index contributed by atoms with van der Waals surface area (Å²) in [5, 5.41) is 0. The van der Waals surface area contributed by atoms with Crippen molar-refractivity contribution in [3.05, 3.63) is 106 Å². The van der Waals surface area contributed by atoms with Gasteiger partial charge in [0.1, 0.15) is 0 Å². The van der Waals surface area contributed by atoms with E-state index in [0.717, 1.165) is 29.7 Å². The Morgan fingerprint density at radius 2 is 1.44 bits per heavy atom. The smallest absolute Gasteiger partial charge is 0.254 e. The number of carbonyl (C=O) groups is 1. The van der Waals surface area contributed by atoms with Gasteiger partial charge in [0, 0.05) is 31.6 Å². The van der Waals surface area contributed by atoms with Crippen molar-refractivity contribution >= 4 is 5.91 Å². The number of likely N-dealkylation sites (N-methyl/N-ethyl adjacent to an activating group) is 1. The molecular formula is C31H40N2O. The van der Waals surface area contributed by atoms with Crippen LogP contribution in [0.3, 0.4) is 0 Å². The average Bonchev–Trinajstić information content (AvgIpc) is 2.82. The molecule has 1 atom stereocenters. The first-order valence-corrected chi connectivity index (χ1v) is 12.3. The van der Waals surface area contributed by atoms with Gasteiger partial charge in [0.25, 0.3) is 5.91 Å². The van der Waals surface area contributed by atoms with Crippen LogP contribution in [0.25, 0.3) is 0 Å². The van der Waals surface area contributed by atoms with E-state index in [2.05, 4.69) is 101 Å². The number of benzene rings is 3. The highest BCUT2D eigenvalue weighted by Gasteiger charge is 2.30. The fourth-order valence-electron chi connectivity index (χ4n) is 4.93. The molecule has 3 rings (SSSR count). The zero-order valence-electron chi connectivity index (χ0n) is 22.6. The molecule has 3 aromatic rings. The zero-order valence-corrected chi connectivity index (χ0v) is 21.6. The van der Waals surface area contributed by atoms with E-state index < -0.39 is 0 Å². The first-order valence-electron chi connectivity index (χ1n) is 13.0. The number of aryl methyl sites for hydroxylation is 2. The molecule has 0 saturated carbocycles. The van der Waals surface area contributed by atoms with Crippen molar-refractivity contribution in [2.45, 2.75) is 72.6 Å². The summed E-state index contributed by atoms with van der Waals surface area (Å²) in [4.78, 5) is 18.4. The van der Waals surface area contributed by atoms with E-state index >= 15 is 0 Å². The number of nitrogens with zero attached hydrogens (tertiary/aromatic N) is 2. The molecule has 0 bridgehead atoms. The Balaban J connectivity index is 2.17. The fraction of sp³-hybridized carbons (Fsp3) is 0.387. The van der Waals surface area contributed by atoms with Gasteiger partial charge in [0.2, 0.25) is 0 Å². The normalized spacial score (nSPS) is 12.8. The second-order valence-corrected chi connectivity index (χ2v) is 9.89. The monoisotopic (exact) mass is 457 g/mol. The molecule has 0 spiro atoms. The molecule has 0 radical (unpaired) electrons. The molecular weight excluding hydrogens is 416 g/mol. The minimum absolute atomic E-state index is 0.0112. The number of hydrogen-bond acceptors (Lipinski definition) is 2. The SMILES string of the molecule is [2H]Cc1cc(C)cc([C@H](Cc2ccccc2)N(C)Cc2ccccc2)c1C(=O)N(C(C)C)C(C)C. The molecule has 0 heterocycles. The lowest BCUT2D eigenvalue weighted by atomic mass is 9.88. The van der Waals surface area contributed by atoms with Gasteiger partial charge in [-0.15, -0.1) is 0 Å². The topological polar surface area (TPSA) is 23.6 Å². The van der Waals surface area contributed by atoms with Gasteiger partial charge in [-0.25, -0.2) is 0 Å². The second-order valence-electron chi connectivity index (χ2n) is 9.89. The van der Waals surface area contributed by atoms with Crippen molar-refractivity contribution in [3.8, 4) is 0 Å². The standard InChI is InChI=1S/C31H40N2O/c1-22(2)33(23(3)4)31(34)30-25(6)18-24(5)19-28(30)29(20-26-14-10-8-11-15-26)32(7)21-27-16-12-9-13-17-27/h8-19,22-23,29H,20-21H2,1-7H3/t29-/m0/s1/i6D. The summed E-state index contributed by atoms with van der Waals surface area (Å²) in [5.41, 5.74) is 6.09. The highest BCUT2D eigenvalue weighted by Crippen LogP contribution is 2.32. The molecule has 3 heteroatoms. The minimum atomic E-state index is -0.0112. The van der Waals surface area contributed by atoms with Crippen LogP contribution >= 0.6 is 0 Å².